The SMILES string of the molecule is CCCN(CC(=O)N(CC)c1ccccc1)C1CNC1. The van der Waals surface area contributed by atoms with Crippen LogP contribution >= 0.6 is 0 Å². The van der Waals surface area contributed by atoms with Gasteiger partial charge >= 0.3 is 0 Å². The van der Waals surface area contributed by atoms with Gasteiger partial charge in [-0.2, -0.15) is 0 Å². The number of anilines is 1. The number of nitrogens with one attached hydrogen (secondary N) is 1. The van der Waals surface area contributed by atoms with Crippen molar-refractivity contribution in [3.63, 3.8) is 0 Å². The van der Waals surface area contributed by atoms with E-state index >= 15 is 0 Å². The quantitative estimate of drug-likeness (QED) is 0.823. The first-order chi connectivity index (χ1) is 9.76. The molecule has 20 heavy (non-hydrogen) atoms. The number of likely N-dealkylation sites (N-methyl/N-ethyl adjacent to an activating group) is 1. The zero-order chi connectivity index (χ0) is 14.4. The Hall–Kier alpha value is -1.39. The number of hydrogen-bond acceptors (Lipinski definition) is 3. The fourth-order valence-electron chi connectivity index (χ4n) is 2.58. The molecule has 1 heterocycles. The molecule has 1 amide bonds. The summed E-state index contributed by atoms with van der Waals surface area (Å²) in [4.78, 5) is 16.7. The van der Waals surface area contributed by atoms with E-state index in [0.717, 1.165) is 31.7 Å². The maximum atomic E-state index is 12.6. The molecular weight excluding hydrogens is 250 g/mol. The fraction of sp³-hybridized carbons (Fsp3) is 0.562. The van der Waals surface area contributed by atoms with Gasteiger partial charge in [-0.15, -0.1) is 0 Å². The number of amides is 1. The van der Waals surface area contributed by atoms with Crippen molar-refractivity contribution in [1.29, 1.82) is 0 Å². The van der Waals surface area contributed by atoms with Crippen molar-refractivity contribution in [2.24, 2.45) is 0 Å². The first-order valence-electron chi connectivity index (χ1n) is 7.56. The van der Waals surface area contributed by atoms with Crippen LogP contribution in [0.25, 0.3) is 0 Å². The fourth-order valence-corrected chi connectivity index (χ4v) is 2.58. The third kappa shape index (κ3) is 3.58. The van der Waals surface area contributed by atoms with Crippen LogP contribution in [0.15, 0.2) is 30.3 Å². The highest BCUT2D eigenvalue weighted by Gasteiger charge is 2.27. The minimum Gasteiger partial charge on any atom is -0.314 e. The Bertz CT molecular complexity index is 417. The zero-order valence-electron chi connectivity index (χ0n) is 12.5. The van der Waals surface area contributed by atoms with Gasteiger partial charge in [-0.25, -0.2) is 0 Å². The third-order valence-corrected chi connectivity index (χ3v) is 3.81. The summed E-state index contributed by atoms with van der Waals surface area (Å²) in [5.74, 6) is 0.194. The van der Waals surface area contributed by atoms with E-state index in [2.05, 4.69) is 17.1 Å². The second-order valence-corrected chi connectivity index (χ2v) is 5.26. The Labute approximate surface area is 121 Å². The minimum atomic E-state index is 0.194. The lowest BCUT2D eigenvalue weighted by Crippen LogP contribution is -2.59. The second-order valence-electron chi connectivity index (χ2n) is 5.26. The summed E-state index contributed by atoms with van der Waals surface area (Å²) in [5, 5.41) is 3.28. The van der Waals surface area contributed by atoms with E-state index < -0.39 is 0 Å². The second kappa shape index (κ2) is 7.41. The lowest BCUT2D eigenvalue weighted by molar-refractivity contribution is -0.120. The molecule has 1 aromatic rings. The topological polar surface area (TPSA) is 35.6 Å². The molecule has 110 valence electrons. The van der Waals surface area contributed by atoms with Gasteiger partial charge in [0.05, 0.1) is 6.54 Å². The number of hydrogen-bond donors (Lipinski definition) is 1. The number of para-hydroxylation sites is 1. The van der Waals surface area contributed by atoms with Gasteiger partial charge in [0.25, 0.3) is 0 Å². The minimum absolute atomic E-state index is 0.194. The van der Waals surface area contributed by atoms with Gasteiger partial charge in [0.1, 0.15) is 0 Å². The van der Waals surface area contributed by atoms with Gasteiger partial charge in [-0.05, 0) is 32.0 Å². The van der Waals surface area contributed by atoms with Crippen LogP contribution in [-0.4, -0.2) is 49.6 Å². The summed E-state index contributed by atoms with van der Waals surface area (Å²) in [6, 6.07) is 10.4. The van der Waals surface area contributed by atoms with Gasteiger partial charge in [0.15, 0.2) is 0 Å². The Balaban J connectivity index is 2.00. The largest absolute Gasteiger partial charge is 0.314 e. The number of nitrogens with zero attached hydrogens (tertiary/aromatic N) is 2. The van der Waals surface area contributed by atoms with Crippen LogP contribution in [0, 0.1) is 0 Å². The van der Waals surface area contributed by atoms with E-state index in [1.54, 1.807) is 0 Å². The lowest BCUT2D eigenvalue weighted by Gasteiger charge is -2.38. The Kier molecular flexibility index (Phi) is 5.56. The number of benzene rings is 1. The van der Waals surface area contributed by atoms with Gasteiger partial charge < -0.3 is 10.2 Å². The van der Waals surface area contributed by atoms with Crippen molar-refractivity contribution in [1.82, 2.24) is 10.2 Å². The van der Waals surface area contributed by atoms with Gasteiger partial charge in [0, 0.05) is 31.4 Å². The molecule has 1 fully saturated rings. The van der Waals surface area contributed by atoms with Crippen LogP contribution in [0.5, 0.6) is 0 Å². The predicted molar refractivity (Wildman–Crippen MR) is 83.0 cm³/mol. The number of carbonyl (C=O) groups excluding carboxylic acids is 1. The van der Waals surface area contributed by atoms with Crippen molar-refractivity contribution >= 4 is 11.6 Å². The first kappa shape index (κ1) is 15.0. The summed E-state index contributed by atoms with van der Waals surface area (Å²) in [6.45, 7) is 8.42. The summed E-state index contributed by atoms with van der Waals surface area (Å²) >= 11 is 0. The molecule has 4 nitrogen and oxygen atoms in total. The van der Waals surface area contributed by atoms with Crippen molar-refractivity contribution in [2.75, 3.05) is 37.6 Å². The Morgan fingerprint density at radius 2 is 1.95 bits per heavy atom. The molecule has 0 bridgehead atoms. The van der Waals surface area contributed by atoms with Crippen molar-refractivity contribution in [2.45, 2.75) is 26.3 Å². The van der Waals surface area contributed by atoms with Crippen LogP contribution in [0.3, 0.4) is 0 Å². The molecule has 0 saturated carbocycles. The van der Waals surface area contributed by atoms with Crippen LogP contribution < -0.4 is 10.2 Å². The molecule has 0 aliphatic carbocycles. The van der Waals surface area contributed by atoms with Crippen molar-refractivity contribution < 1.29 is 4.79 Å². The zero-order valence-corrected chi connectivity index (χ0v) is 12.5. The normalized spacial score (nSPS) is 15.2. The van der Waals surface area contributed by atoms with E-state index in [-0.39, 0.29) is 5.91 Å². The van der Waals surface area contributed by atoms with Crippen LogP contribution in [0.2, 0.25) is 0 Å². The maximum Gasteiger partial charge on any atom is 0.241 e. The highest BCUT2D eigenvalue weighted by Crippen LogP contribution is 2.14. The van der Waals surface area contributed by atoms with Crippen LogP contribution in [0.1, 0.15) is 20.3 Å². The van der Waals surface area contributed by atoms with Crippen LogP contribution in [0.4, 0.5) is 5.69 Å². The summed E-state index contributed by atoms with van der Waals surface area (Å²) in [5.41, 5.74) is 0.989. The number of carbonyl (C=O) groups is 1. The molecule has 1 saturated heterocycles. The van der Waals surface area contributed by atoms with Crippen LogP contribution in [-0.2, 0) is 4.79 Å². The van der Waals surface area contributed by atoms with Gasteiger partial charge in [-0.3, -0.25) is 9.69 Å². The molecule has 0 aromatic heterocycles. The van der Waals surface area contributed by atoms with Gasteiger partial charge in [-0.1, -0.05) is 25.1 Å². The summed E-state index contributed by atoms with van der Waals surface area (Å²) < 4.78 is 0. The molecule has 1 N–H and O–H groups in total. The standard InChI is InChI=1S/C16H25N3O/c1-3-10-18(15-11-17-12-15)13-16(20)19(4-2)14-8-6-5-7-9-14/h5-9,15,17H,3-4,10-13H2,1-2H3. The monoisotopic (exact) mass is 275 g/mol. The Morgan fingerprint density at radius 1 is 1.25 bits per heavy atom. The predicted octanol–water partition coefficient (Wildman–Crippen LogP) is 1.72. The van der Waals surface area contributed by atoms with Gasteiger partial charge in [0.2, 0.25) is 5.91 Å². The molecular formula is C16H25N3O. The maximum absolute atomic E-state index is 12.6. The molecule has 1 aliphatic heterocycles. The van der Waals surface area contributed by atoms with E-state index in [1.165, 1.54) is 0 Å². The molecule has 0 unspecified atom stereocenters. The molecule has 1 aromatic carbocycles. The number of rotatable bonds is 7. The van der Waals surface area contributed by atoms with E-state index in [9.17, 15) is 4.79 Å². The van der Waals surface area contributed by atoms with E-state index in [0.29, 0.717) is 19.1 Å². The molecule has 0 spiro atoms. The van der Waals surface area contributed by atoms with Crippen molar-refractivity contribution in [3.8, 4) is 0 Å². The summed E-state index contributed by atoms with van der Waals surface area (Å²) in [6.07, 6.45) is 1.08. The molecule has 1 aliphatic rings. The molecule has 0 radical (unpaired) electrons. The molecule has 4 heteroatoms. The average Bonchev–Trinajstić information content (AvgIpc) is 2.39. The van der Waals surface area contributed by atoms with Crippen molar-refractivity contribution in [3.05, 3.63) is 30.3 Å². The molecule has 0 atom stereocenters. The van der Waals surface area contributed by atoms with E-state index in [4.69, 9.17) is 0 Å². The molecule has 2 rings (SSSR count). The lowest BCUT2D eigenvalue weighted by atomic mass is 10.1. The summed E-state index contributed by atoms with van der Waals surface area (Å²) in [7, 11) is 0. The highest BCUT2D eigenvalue weighted by molar-refractivity contribution is 5.94. The first-order valence-corrected chi connectivity index (χ1v) is 7.56. The third-order valence-electron chi connectivity index (χ3n) is 3.81. The highest BCUT2D eigenvalue weighted by atomic mass is 16.2. The Morgan fingerprint density at radius 3 is 2.45 bits per heavy atom. The van der Waals surface area contributed by atoms with E-state index in [1.807, 2.05) is 42.2 Å². The average molecular weight is 275 g/mol. The smallest absolute Gasteiger partial charge is 0.241 e.